The minimum absolute atomic E-state index is 0.00941. The highest BCUT2D eigenvalue weighted by Crippen LogP contribution is 2.34. The zero-order chi connectivity index (χ0) is 25.9. The first kappa shape index (κ1) is 24.8. The van der Waals surface area contributed by atoms with Crippen LogP contribution in [0.25, 0.3) is 0 Å². The van der Waals surface area contributed by atoms with Crippen LogP contribution >= 0.6 is 0 Å². The number of amides is 1. The van der Waals surface area contributed by atoms with Crippen molar-refractivity contribution >= 4 is 17.6 Å². The fraction of sp³-hybridized carbons (Fsp3) is 0.240. The van der Waals surface area contributed by atoms with Gasteiger partial charge in [-0.05, 0) is 48.5 Å². The molecular formula is C25H22F3N3O5. The Bertz CT molecular complexity index is 1270. The molecule has 188 valence electrons. The predicted octanol–water partition coefficient (Wildman–Crippen LogP) is 4.56. The summed E-state index contributed by atoms with van der Waals surface area (Å²) in [6.07, 6.45) is -2.98. The molecule has 2 heterocycles. The summed E-state index contributed by atoms with van der Waals surface area (Å²) in [7, 11) is 1.36. The van der Waals surface area contributed by atoms with Gasteiger partial charge in [-0.2, -0.15) is 13.2 Å². The topological polar surface area (TPSA) is 92.2 Å². The van der Waals surface area contributed by atoms with Crippen LogP contribution in [0.1, 0.15) is 26.3 Å². The van der Waals surface area contributed by atoms with Gasteiger partial charge in [0.15, 0.2) is 11.5 Å². The molecule has 1 aromatic heterocycles. The molecule has 0 saturated carbocycles. The van der Waals surface area contributed by atoms with Gasteiger partial charge in [0.05, 0.1) is 18.2 Å². The van der Waals surface area contributed by atoms with E-state index in [-0.39, 0.29) is 34.4 Å². The van der Waals surface area contributed by atoms with Gasteiger partial charge in [-0.3, -0.25) is 4.79 Å². The molecule has 1 aliphatic rings. The molecule has 3 aromatic rings. The highest BCUT2D eigenvalue weighted by molar-refractivity contribution is 5.96. The van der Waals surface area contributed by atoms with Crippen LogP contribution in [0.2, 0.25) is 0 Å². The number of nitrogens with zero attached hydrogens (tertiary/aromatic N) is 3. The number of hydrogen-bond acceptors (Lipinski definition) is 6. The second-order valence-corrected chi connectivity index (χ2v) is 7.96. The summed E-state index contributed by atoms with van der Waals surface area (Å²) in [5, 5.41) is 9.17. The molecule has 0 aliphatic carbocycles. The fourth-order valence-electron chi connectivity index (χ4n) is 3.84. The molecule has 36 heavy (non-hydrogen) atoms. The number of carboxylic acid groups (broad SMARTS) is 1. The Hall–Kier alpha value is -4.28. The lowest BCUT2D eigenvalue weighted by molar-refractivity contribution is -0.137. The number of benzene rings is 2. The Morgan fingerprint density at radius 3 is 2.39 bits per heavy atom. The van der Waals surface area contributed by atoms with Crippen molar-refractivity contribution in [2.45, 2.75) is 6.18 Å². The Morgan fingerprint density at radius 1 is 0.972 bits per heavy atom. The SMILES string of the molecule is COc1cc(C(=O)O)ccc1Oc1ncccc1C(=O)N1CCN(c2cccc(C(F)(F)F)c2)CC1. The highest BCUT2D eigenvalue weighted by atomic mass is 19.4. The summed E-state index contributed by atoms with van der Waals surface area (Å²) in [5.74, 6) is -1.11. The van der Waals surface area contributed by atoms with Crippen molar-refractivity contribution in [1.82, 2.24) is 9.88 Å². The van der Waals surface area contributed by atoms with Gasteiger partial charge in [-0.1, -0.05) is 6.07 Å². The summed E-state index contributed by atoms with van der Waals surface area (Å²) < 4.78 is 50.2. The largest absolute Gasteiger partial charge is 0.493 e. The molecule has 11 heteroatoms. The van der Waals surface area contributed by atoms with Gasteiger partial charge in [0.1, 0.15) is 5.56 Å². The number of aromatic nitrogens is 1. The van der Waals surface area contributed by atoms with Crippen molar-refractivity contribution in [3.05, 3.63) is 77.5 Å². The van der Waals surface area contributed by atoms with Crippen molar-refractivity contribution in [2.75, 3.05) is 38.2 Å². The predicted molar refractivity (Wildman–Crippen MR) is 124 cm³/mol. The number of carboxylic acids is 1. The van der Waals surface area contributed by atoms with Crippen molar-refractivity contribution < 1.29 is 37.3 Å². The number of pyridine rings is 1. The van der Waals surface area contributed by atoms with Gasteiger partial charge >= 0.3 is 12.1 Å². The van der Waals surface area contributed by atoms with Crippen LogP contribution < -0.4 is 14.4 Å². The molecule has 1 fully saturated rings. The molecular weight excluding hydrogens is 479 g/mol. The van der Waals surface area contributed by atoms with Gasteiger partial charge in [0.2, 0.25) is 5.88 Å². The average molecular weight is 501 g/mol. The summed E-state index contributed by atoms with van der Waals surface area (Å²) >= 11 is 0. The third kappa shape index (κ3) is 5.35. The zero-order valence-electron chi connectivity index (χ0n) is 19.2. The normalized spacial score (nSPS) is 13.9. The summed E-state index contributed by atoms with van der Waals surface area (Å²) in [6, 6.07) is 12.3. The van der Waals surface area contributed by atoms with Crippen LogP contribution in [-0.2, 0) is 6.18 Å². The van der Waals surface area contributed by atoms with Crippen LogP contribution in [0, 0.1) is 0 Å². The maximum atomic E-state index is 13.3. The first-order valence-electron chi connectivity index (χ1n) is 10.9. The number of piperazine rings is 1. The number of carbonyl (C=O) groups is 2. The third-order valence-corrected chi connectivity index (χ3v) is 5.72. The molecule has 1 N–H and O–H groups in total. The van der Waals surface area contributed by atoms with Gasteiger partial charge in [0, 0.05) is 38.1 Å². The van der Waals surface area contributed by atoms with Crippen LogP contribution in [0.4, 0.5) is 18.9 Å². The van der Waals surface area contributed by atoms with E-state index in [4.69, 9.17) is 9.47 Å². The van der Waals surface area contributed by atoms with Crippen LogP contribution in [0.5, 0.6) is 17.4 Å². The highest BCUT2D eigenvalue weighted by Gasteiger charge is 2.31. The molecule has 8 nitrogen and oxygen atoms in total. The Morgan fingerprint density at radius 2 is 1.72 bits per heavy atom. The van der Waals surface area contributed by atoms with E-state index in [9.17, 15) is 27.9 Å². The van der Waals surface area contributed by atoms with E-state index >= 15 is 0 Å². The van der Waals surface area contributed by atoms with Crippen molar-refractivity contribution in [2.24, 2.45) is 0 Å². The van der Waals surface area contributed by atoms with Gasteiger partial charge in [-0.15, -0.1) is 0 Å². The van der Waals surface area contributed by atoms with E-state index in [0.717, 1.165) is 12.1 Å². The van der Waals surface area contributed by atoms with E-state index < -0.39 is 17.7 Å². The third-order valence-electron chi connectivity index (χ3n) is 5.72. The molecule has 4 rings (SSSR count). The standard InChI is InChI=1S/C25H22F3N3O5/c1-35-21-14-16(24(33)34)7-8-20(21)36-22-19(6-3-9-29-22)23(32)31-12-10-30(11-13-31)18-5-2-4-17(15-18)25(26,27)28/h2-9,14-15H,10-13H2,1H3,(H,33,34). The van der Waals surface area contributed by atoms with Crippen LogP contribution in [0.15, 0.2) is 60.8 Å². The first-order valence-corrected chi connectivity index (χ1v) is 10.9. The molecule has 1 aliphatic heterocycles. The average Bonchev–Trinajstić information content (AvgIpc) is 2.88. The maximum absolute atomic E-state index is 13.3. The number of carbonyl (C=O) groups excluding carboxylic acids is 1. The zero-order valence-corrected chi connectivity index (χ0v) is 19.2. The Balaban J connectivity index is 1.48. The van der Waals surface area contributed by atoms with Gasteiger partial charge in [0.25, 0.3) is 5.91 Å². The lowest BCUT2D eigenvalue weighted by Gasteiger charge is -2.36. The van der Waals surface area contributed by atoms with E-state index in [1.807, 2.05) is 0 Å². The Labute approximate surface area is 204 Å². The lowest BCUT2D eigenvalue weighted by atomic mass is 10.1. The summed E-state index contributed by atoms with van der Waals surface area (Å²) in [6.45, 7) is 1.29. The van der Waals surface area contributed by atoms with E-state index in [2.05, 4.69) is 4.98 Å². The van der Waals surface area contributed by atoms with Gasteiger partial charge < -0.3 is 24.4 Å². The number of hydrogen-bond donors (Lipinski definition) is 1. The number of ether oxygens (including phenoxy) is 2. The number of anilines is 1. The number of alkyl halides is 3. The number of rotatable bonds is 6. The van der Waals surface area contributed by atoms with Crippen LogP contribution in [0.3, 0.4) is 0 Å². The molecule has 2 aromatic carbocycles. The minimum Gasteiger partial charge on any atom is -0.493 e. The Kier molecular flexibility index (Phi) is 7.00. The minimum atomic E-state index is -4.43. The molecule has 0 bridgehead atoms. The van der Waals surface area contributed by atoms with Crippen molar-refractivity contribution in [1.29, 1.82) is 0 Å². The molecule has 1 saturated heterocycles. The molecule has 0 radical (unpaired) electrons. The molecule has 1 amide bonds. The first-order chi connectivity index (χ1) is 17.2. The van der Waals surface area contributed by atoms with E-state index in [1.165, 1.54) is 37.6 Å². The van der Waals surface area contributed by atoms with Crippen molar-refractivity contribution in [3.8, 4) is 17.4 Å². The lowest BCUT2D eigenvalue weighted by Crippen LogP contribution is -2.48. The fourth-order valence-corrected chi connectivity index (χ4v) is 3.84. The van der Waals surface area contributed by atoms with Crippen molar-refractivity contribution in [3.63, 3.8) is 0 Å². The number of aromatic carboxylic acids is 1. The second kappa shape index (κ2) is 10.1. The molecule has 0 spiro atoms. The van der Waals surface area contributed by atoms with Gasteiger partial charge in [-0.25, -0.2) is 9.78 Å². The number of halogens is 3. The summed E-state index contributed by atoms with van der Waals surface area (Å²) in [5.41, 5.74) is -0.0776. The maximum Gasteiger partial charge on any atom is 0.416 e. The monoisotopic (exact) mass is 501 g/mol. The second-order valence-electron chi connectivity index (χ2n) is 7.96. The molecule has 0 atom stereocenters. The van der Waals surface area contributed by atoms with E-state index in [1.54, 1.807) is 28.0 Å². The van der Waals surface area contributed by atoms with E-state index in [0.29, 0.717) is 31.9 Å². The summed E-state index contributed by atoms with van der Waals surface area (Å²) in [4.78, 5) is 32.0. The smallest absolute Gasteiger partial charge is 0.416 e. The molecule has 0 unspecified atom stereocenters. The quantitative estimate of drug-likeness (QED) is 0.529. The van der Waals surface area contributed by atoms with Crippen LogP contribution in [-0.4, -0.2) is 60.2 Å². The number of methoxy groups -OCH3 is 1.